The Kier molecular flexibility index (Phi) is 6.88. The van der Waals surface area contributed by atoms with Gasteiger partial charge in [0.2, 0.25) is 0 Å². The van der Waals surface area contributed by atoms with Crippen LogP contribution in [-0.2, 0) is 6.54 Å². The van der Waals surface area contributed by atoms with Crippen LogP contribution in [0.25, 0.3) is 0 Å². The van der Waals surface area contributed by atoms with E-state index in [0.717, 1.165) is 49.6 Å². The van der Waals surface area contributed by atoms with Gasteiger partial charge in [0.1, 0.15) is 5.82 Å². The van der Waals surface area contributed by atoms with Crippen LogP contribution in [0.5, 0.6) is 0 Å². The van der Waals surface area contributed by atoms with Gasteiger partial charge in [0.05, 0.1) is 0 Å². The normalized spacial score (nSPS) is 17.0. The van der Waals surface area contributed by atoms with Crippen molar-refractivity contribution >= 4 is 23.8 Å². The average Bonchev–Trinajstić information content (AvgIpc) is 3.12. The van der Waals surface area contributed by atoms with Gasteiger partial charge in [0, 0.05) is 50.4 Å². The van der Waals surface area contributed by atoms with Crippen LogP contribution >= 0.6 is 12.2 Å². The first-order chi connectivity index (χ1) is 13.5. The first-order valence-electron chi connectivity index (χ1n) is 10.3. The smallest absolute Gasteiger partial charge is 0.253 e. The van der Waals surface area contributed by atoms with Gasteiger partial charge < -0.3 is 14.4 Å². The molecule has 0 bridgehead atoms. The first kappa shape index (κ1) is 20.6. The topological polar surface area (TPSA) is 57.2 Å². The molecule has 3 rings (SSSR count). The van der Waals surface area contributed by atoms with Crippen molar-refractivity contribution in [2.75, 3.05) is 31.6 Å². The van der Waals surface area contributed by atoms with Crippen LogP contribution in [0.4, 0.5) is 5.69 Å². The number of piperidine rings is 1. The Bertz CT molecular complexity index is 841. The maximum absolute atomic E-state index is 13.0. The highest BCUT2D eigenvalue weighted by atomic mass is 32.1. The molecule has 1 atom stereocenters. The molecule has 1 amide bonds. The number of hydrogen-bond acceptors (Lipinski definition) is 4. The minimum absolute atomic E-state index is 0.102. The third kappa shape index (κ3) is 4.46. The van der Waals surface area contributed by atoms with Crippen LogP contribution < -0.4 is 4.90 Å². The molecule has 0 aliphatic carbocycles. The Morgan fingerprint density at radius 3 is 2.75 bits per heavy atom. The summed E-state index contributed by atoms with van der Waals surface area (Å²) in [6.07, 6.45) is 4.36. The van der Waals surface area contributed by atoms with E-state index in [9.17, 15) is 4.79 Å². The number of H-pyrrole nitrogens is 1. The van der Waals surface area contributed by atoms with E-state index in [1.165, 1.54) is 12.8 Å². The van der Waals surface area contributed by atoms with Gasteiger partial charge in [-0.1, -0.05) is 13.3 Å². The van der Waals surface area contributed by atoms with E-state index in [4.69, 9.17) is 12.2 Å². The average molecular weight is 402 g/mol. The second-order valence-electron chi connectivity index (χ2n) is 7.54. The zero-order chi connectivity index (χ0) is 20.1. The third-order valence-corrected chi connectivity index (χ3v) is 5.89. The Labute approximate surface area is 172 Å². The molecule has 1 aliphatic heterocycles. The van der Waals surface area contributed by atoms with E-state index in [2.05, 4.69) is 36.0 Å². The van der Waals surface area contributed by atoms with Gasteiger partial charge in [0.25, 0.3) is 5.91 Å². The van der Waals surface area contributed by atoms with E-state index in [1.54, 1.807) is 0 Å². The zero-order valence-corrected chi connectivity index (χ0v) is 18.0. The zero-order valence-electron chi connectivity index (χ0n) is 17.1. The summed E-state index contributed by atoms with van der Waals surface area (Å²) in [4.78, 5) is 17.2. The minimum atomic E-state index is 0.102. The van der Waals surface area contributed by atoms with Crippen molar-refractivity contribution in [3.8, 4) is 0 Å². The van der Waals surface area contributed by atoms with Gasteiger partial charge >= 0.3 is 0 Å². The van der Waals surface area contributed by atoms with Crippen molar-refractivity contribution in [1.82, 2.24) is 19.7 Å². The Balaban J connectivity index is 1.69. The minimum Gasteiger partial charge on any atom is -0.375 e. The molecule has 0 radical (unpaired) electrons. The fraction of sp³-hybridized carbons (Fsp3) is 0.571. The molecule has 0 spiro atoms. The van der Waals surface area contributed by atoms with Crippen molar-refractivity contribution in [3.63, 3.8) is 0 Å². The summed E-state index contributed by atoms with van der Waals surface area (Å²) in [6, 6.07) is 8.00. The van der Waals surface area contributed by atoms with Crippen molar-refractivity contribution in [2.45, 2.75) is 52.0 Å². The summed E-state index contributed by atoms with van der Waals surface area (Å²) in [5.41, 5.74) is 1.91. The number of anilines is 1. The fourth-order valence-corrected chi connectivity index (χ4v) is 4.15. The van der Waals surface area contributed by atoms with Crippen LogP contribution in [0.1, 0.15) is 61.6 Å². The molecular formula is C21H31N5OS. The number of hydrogen-bond donors (Lipinski definition) is 1. The lowest BCUT2D eigenvalue weighted by atomic mass is 9.96. The molecule has 1 aromatic carbocycles. The first-order valence-corrected chi connectivity index (χ1v) is 10.7. The molecule has 1 saturated heterocycles. The number of unbranched alkanes of at least 4 members (excludes halogenated alkanes) is 1. The summed E-state index contributed by atoms with van der Waals surface area (Å²) >= 11 is 5.32. The molecule has 1 unspecified atom stereocenters. The molecule has 1 N–H and O–H groups in total. The predicted molar refractivity (Wildman–Crippen MR) is 116 cm³/mol. The molecular weight excluding hydrogens is 370 g/mol. The molecule has 1 fully saturated rings. The second-order valence-corrected chi connectivity index (χ2v) is 7.93. The lowest BCUT2D eigenvalue weighted by Crippen LogP contribution is -2.39. The Hall–Kier alpha value is -2.15. The van der Waals surface area contributed by atoms with Crippen molar-refractivity contribution in [3.05, 3.63) is 40.4 Å². The van der Waals surface area contributed by atoms with Crippen LogP contribution in [-0.4, -0.2) is 52.3 Å². The standard InChI is InChI=1S/C21H31N5OS/c1-4-6-13-24(3)18-11-9-16(10-12-18)20(27)25-14-7-8-17(15-25)19-22-23-21(28)26(19)5-2/h9-12,17H,4-8,13-15H2,1-3H3,(H,23,28). The molecule has 6 nitrogen and oxygen atoms in total. The highest BCUT2D eigenvalue weighted by Crippen LogP contribution is 2.27. The van der Waals surface area contributed by atoms with E-state index in [1.807, 2.05) is 33.7 Å². The maximum Gasteiger partial charge on any atom is 0.253 e. The van der Waals surface area contributed by atoms with Crippen molar-refractivity contribution < 1.29 is 4.79 Å². The van der Waals surface area contributed by atoms with Crippen LogP contribution in [0.2, 0.25) is 0 Å². The van der Waals surface area contributed by atoms with Crippen molar-refractivity contribution in [1.29, 1.82) is 0 Å². The monoisotopic (exact) mass is 401 g/mol. The Morgan fingerprint density at radius 2 is 2.07 bits per heavy atom. The molecule has 152 valence electrons. The van der Waals surface area contributed by atoms with Crippen molar-refractivity contribution in [2.24, 2.45) is 0 Å². The number of carbonyl (C=O) groups excluding carboxylic acids is 1. The number of nitrogens with zero attached hydrogens (tertiary/aromatic N) is 4. The summed E-state index contributed by atoms with van der Waals surface area (Å²) in [5, 5.41) is 7.33. The molecule has 7 heteroatoms. The van der Waals surface area contributed by atoms with Gasteiger partial charge in [-0.3, -0.25) is 9.89 Å². The van der Waals surface area contributed by atoms with Gasteiger partial charge in [-0.25, -0.2) is 0 Å². The second kappa shape index (κ2) is 9.37. The quantitative estimate of drug-likeness (QED) is 0.706. The van der Waals surface area contributed by atoms with Crippen LogP contribution in [0.15, 0.2) is 24.3 Å². The number of likely N-dealkylation sites (tertiary alicyclic amines) is 1. The molecule has 1 aromatic heterocycles. The highest BCUT2D eigenvalue weighted by Gasteiger charge is 2.28. The summed E-state index contributed by atoms with van der Waals surface area (Å²) < 4.78 is 2.69. The van der Waals surface area contributed by atoms with Gasteiger partial charge in [0.15, 0.2) is 4.77 Å². The lowest BCUT2D eigenvalue weighted by Gasteiger charge is -2.32. The predicted octanol–water partition coefficient (Wildman–Crippen LogP) is 4.22. The van der Waals surface area contributed by atoms with Crippen LogP contribution in [0.3, 0.4) is 0 Å². The van der Waals surface area contributed by atoms with Gasteiger partial charge in [-0.2, -0.15) is 5.10 Å². The maximum atomic E-state index is 13.0. The summed E-state index contributed by atoms with van der Waals surface area (Å²) in [7, 11) is 2.10. The highest BCUT2D eigenvalue weighted by molar-refractivity contribution is 7.71. The number of aromatic nitrogens is 3. The SMILES string of the molecule is CCCCN(C)c1ccc(C(=O)N2CCCC(c3n[nH]c(=S)n3CC)C2)cc1. The number of carbonyl (C=O) groups is 1. The number of aromatic amines is 1. The number of benzene rings is 1. The molecule has 2 heterocycles. The summed E-state index contributed by atoms with van der Waals surface area (Å²) in [6.45, 7) is 7.58. The molecule has 2 aromatic rings. The van der Waals surface area contributed by atoms with E-state index >= 15 is 0 Å². The number of nitrogens with one attached hydrogen (secondary N) is 1. The van der Waals surface area contributed by atoms with E-state index < -0.39 is 0 Å². The van der Waals surface area contributed by atoms with Gasteiger partial charge in [-0.05, 0) is 62.7 Å². The van der Waals surface area contributed by atoms with Crippen LogP contribution in [0, 0.1) is 4.77 Å². The summed E-state index contributed by atoms with van der Waals surface area (Å²) in [5.74, 6) is 1.30. The fourth-order valence-electron chi connectivity index (χ4n) is 3.88. The number of rotatable bonds is 7. The molecule has 0 saturated carbocycles. The largest absolute Gasteiger partial charge is 0.375 e. The van der Waals surface area contributed by atoms with E-state index in [-0.39, 0.29) is 11.8 Å². The Morgan fingerprint density at radius 1 is 1.32 bits per heavy atom. The molecule has 1 aliphatic rings. The molecule has 28 heavy (non-hydrogen) atoms. The third-order valence-electron chi connectivity index (χ3n) is 5.58. The van der Waals surface area contributed by atoms with E-state index in [0.29, 0.717) is 11.3 Å². The van der Waals surface area contributed by atoms with Gasteiger partial charge in [-0.15, -0.1) is 0 Å². The number of amides is 1. The lowest BCUT2D eigenvalue weighted by molar-refractivity contribution is 0.0703.